The summed E-state index contributed by atoms with van der Waals surface area (Å²) in [6.07, 6.45) is 3.18. The first-order valence-electron chi connectivity index (χ1n) is 11.7. The third-order valence-electron chi connectivity index (χ3n) is 5.97. The largest absolute Gasteiger partial charge is 0.452 e. The van der Waals surface area contributed by atoms with E-state index in [0.717, 1.165) is 30.4 Å². The quantitative estimate of drug-likeness (QED) is 0.421. The van der Waals surface area contributed by atoms with Crippen molar-refractivity contribution in [3.05, 3.63) is 94.5 Å². The average molecular weight is 527 g/mol. The first-order valence-corrected chi connectivity index (χ1v) is 13.5. The predicted molar refractivity (Wildman–Crippen MR) is 139 cm³/mol. The molecule has 1 aliphatic heterocycles. The van der Waals surface area contributed by atoms with Gasteiger partial charge >= 0.3 is 5.97 Å². The van der Waals surface area contributed by atoms with Gasteiger partial charge in [-0.1, -0.05) is 66.6 Å². The molecule has 1 N–H and O–H groups in total. The Kier molecular flexibility index (Phi) is 8.40. The van der Waals surface area contributed by atoms with Gasteiger partial charge < -0.3 is 10.1 Å². The summed E-state index contributed by atoms with van der Waals surface area (Å²) in [4.78, 5) is 25.3. The Morgan fingerprint density at radius 2 is 1.61 bits per heavy atom. The summed E-state index contributed by atoms with van der Waals surface area (Å²) in [7, 11) is -3.69. The number of halogens is 1. The molecule has 0 bridgehead atoms. The molecule has 0 unspecified atom stereocenters. The first-order chi connectivity index (χ1) is 17.3. The molecule has 36 heavy (non-hydrogen) atoms. The van der Waals surface area contributed by atoms with E-state index in [1.54, 1.807) is 12.1 Å². The van der Waals surface area contributed by atoms with Crippen molar-refractivity contribution in [3.63, 3.8) is 0 Å². The van der Waals surface area contributed by atoms with Gasteiger partial charge in [0.05, 0.1) is 21.2 Å². The minimum Gasteiger partial charge on any atom is -0.452 e. The zero-order valence-electron chi connectivity index (χ0n) is 19.7. The maximum Gasteiger partial charge on any atom is 0.338 e. The van der Waals surface area contributed by atoms with E-state index in [4.69, 9.17) is 16.3 Å². The van der Waals surface area contributed by atoms with Crippen LogP contribution in [0.15, 0.2) is 77.7 Å². The lowest BCUT2D eigenvalue weighted by molar-refractivity contribution is -0.119. The molecule has 0 atom stereocenters. The molecule has 3 aromatic carbocycles. The van der Waals surface area contributed by atoms with E-state index in [0.29, 0.717) is 25.1 Å². The number of esters is 1. The number of amides is 1. The Hall–Kier alpha value is -3.20. The summed E-state index contributed by atoms with van der Waals surface area (Å²) in [6, 6.07) is 21.0. The number of hydrogen-bond acceptors (Lipinski definition) is 5. The van der Waals surface area contributed by atoms with E-state index in [1.807, 2.05) is 42.5 Å². The molecule has 1 aliphatic rings. The molecule has 0 aliphatic carbocycles. The fourth-order valence-electron chi connectivity index (χ4n) is 4.10. The normalized spacial score (nSPS) is 14.2. The second kappa shape index (κ2) is 11.7. The monoisotopic (exact) mass is 526 g/mol. The van der Waals surface area contributed by atoms with E-state index < -0.39 is 28.5 Å². The third kappa shape index (κ3) is 6.32. The van der Waals surface area contributed by atoms with E-state index in [2.05, 4.69) is 5.32 Å². The number of hydrogen-bond donors (Lipinski definition) is 1. The Morgan fingerprint density at radius 3 is 2.36 bits per heavy atom. The lowest BCUT2D eigenvalue weighted by atomic mass is 10.00. The Balaban J connectivity index is 1.40. The topological polar surface area (TPSA) is 92.8 Å². The number of piperidine rings is 1. The Morgan fingerprint density at radius 1 is 0.917 bits per heavy atom. The first kappa shape index (κ1) is 25.9. The van der Waals surface area contributed by atoms with Crippen molar-refractivity contribution in [2.24, 2.45) is 0 Å². The van der Waals surface area contributed by atoms with Crippen LogP contribution in [0.1, 0.15) is 40.7 Å². The minimum absolute atomic E-state index is 0.0518. The van der Waals surface area contributed by atoms with Crippen molar-refractivity contribution >= 4 is 39.2 Å². The van der Waals surface area contributed by atoms with Crippen molar-refractivity contribution in [1.29, 1.82) is 0 Å². The molecule has 4 rings (SSSR count). The number of ether oxygens (including phenoxy) is 1. The van der Waals surface area contributed by atoms with Gasteiger partial charge in [0.25, 0.3) is 5.91 Å². The molecule has 1 heterocycles. The van der Waals surface area contributed by atoms with Gasteiger partial charge in [-0.2, -0.15) is 4.31 Å². The van der Waals surface area contributed by atoms with Crippen LogP contribution in [0.25, 0.3) is 0 Å². The highest BCUT2D eigenvalue weighted by Gasteiger charge is 2.26. The lowest BCUT2D eigenvalue weighted by Gasteiger charge is -2.26. The smallest absolute Gasteiger partial charge is 0.338 e. The van der Waals surface area contributed by atoms with Crippen LogP contribution in [0.3, 0.4) is 0 Å². The van der Waals surface area contributed by atoms with Crippen molar-refractivity contribution in [1.82, 2.24) is 4.31 Å². The highest BCUT2D eigenvalue weighted by molar-refractivity contribution is 7.89. The molecule has 1 fully saturated rings. The number of rotatable bonds is 8. The SMILES string of the molecule is O=C(COC(=O)c1ccccc1Cc1ccccc1)Nc1cc(S(=O)(=O)N2CCCCC2)ccc1Cl. The van der Waals surface area contributed by atoms with Gasteiger partial charge in [-0.25, -0.2) is 13.2 Å². The van der Waals surface area contributed by atoms with E-state index in [9.17, 15) is 18.0 Å². The Labute approximate surface area is 216 Å². The standard InChI is InChI=1S/C27H27ClN2O5S/c28-24-14-13-22(36(33,34)30-15-7-2-8-16-30)18-25(24)29-26(31)19-35-27(32)23-12-6-5-11-21(23)17-20-9-3-1-4-10-20/h1,3-6,9-14,18H,2,7-8,15-17,19H2,(H,29,31). The average Bonchev–Trinajstić information content (AvgIpc) is 2.90. The molecule has 1 amide bonds. The van der Waals surface area contributed by atoms with Gasteiger partial charge in [0.2, 0.25) is 10.0 Å². The maximum atomic E-state index is 13.0. The van der Waals surface area contributed by atoms with Gasteiger partial charge in [-0.05, 0) is 54.7 Å². The van der Waals surface area contributed by atoms with Crippen LogP contribution in [-0.2, 0) is 26.0 Å². The molecular formula is C27H27ClN2O5S. The summed E-state index contributed by atoms with van der Waals surface area (Å²) in [5, 5.41) is 2.74. The van der Waals surface area contributed by atoms with Crippen LogP contribution in [0.5, 0.6) is 0 Å². The minimum atomic E-state index is -3.69. The number of sulfonamides is 1. The van der Waals surface area contributed by atoms with Gasteiger partial charge in [-0.3, -0.25) is 4.79 Å². The second-order valence-corrected chi connectivity index (χ2v) is 10.9. The fraction of sp³-hybridized carbons (Fsp3) is 0.259. The fourth-order valence-corrected chi connectivity index (χ4v) is 5.81. The summed E-state index contributed by atoms with van der Waals surface area (Å²) >= 11 is 6.20. The van der Waals surface area contributed by atoms with Crippen LogP contribution < -0.4 is 5.32 Å². The van der Waals surface area contributed by atoms with E-state index in [1.165, 1.54) is 22.5 Å². The second-order valence-electron chi connectivity index (χ2n) is 8.55. The van der Waals surface area contributed by atoms with Crippen LogP contribution in [0, 0.1) is 0 Å². The summed E-state index contributed by atoms with van der Waals surface area (Å²) in [5.41, 5.74) is 2.35. The van der Waals surface area contributed by atoms with Crippen molar-refractivity contribution in [3.8, 4) is 0 Å². The predicted octanol–water partition coefficient (Wildman–Crippen LogP) is 4.90. The highest BCUT2D eigenvalue weighted by Crippen LogP contribution is 2.28. The molecule has 9 heteroatoms. The highest BCUT2D eigenvalue weighted by atomic mass is 35.5. The number of anilines is 1. The molecular weight excluding hydrogens is 500 g/mol. The van der Waals surface area contributed by atoms with Crippen molar-refractivity contribution in [2.75, 3.05) is 25.0 Å². The van der Waals surface area contributed by atoms with Gasteiger partial charge in [0, 0.05) is 13.1 Å². The van der Waals surface area contributed by atoms with Gasteiger partial charge in [0.1, 0.15) is 0 Å². The van der Waals surface area contributed by atoms with Crippen LogP contribution in [0.2, 0.25) is 5.02 Å². The summed E-state index contributed by atoms with van der Waals surface area (Å²) in [5.74, 6) is -1.25. The van der Waals surface area contributed by atoms with Crippen LogP contribution >= 0.6 is 11.6 Å². The zero-order chi connectivity index (χ0) is 25.5. The molecule has 0 saturated carbocycles. The number of benzene rings is 3. The number of carbonyl (C=O) groups excluding carboxylic acids is 2. The van der Waals surface area contributed by atoms with Crippen molar-refractivity contribution in [2.45, 2.75) is 30.6 Å². The van der Waals surface area contributed by atoms with Gasteiger partial charge in [0.15, 0.2) is 6.61 Å². The zero-order valence-corrected chi connectivity index (χ0v) is 21.2. The summed E-state index contributed by atoms with van der Waals surface area (Å²) in [6.45, 7) is 0.390. The Bertz CT molecular complexity index is 1340. The number of nitrogens with one attached hydrogen (secondary N) is 1. The van der Waals surface area contributed by atoms with Gasteiger partial charge in [-0.15, -0.1) is 0 Å². The molecule has 0 radical (unpaired) electrons. The number of nitrogens with zero attached hydrogens (tertiary/aromatic N) is 1. The molecule has 0 aromatic heterocycles. The van der Waals surface area contributed by atoms with Crippen LogP contribution in [0.4, 0.5) is 5.69 Å². The van der Waals surface area contributed by atoms with E-state index >= 15 is 0 Å². The summed E-state index contributed by atoms with van der Waals surface area (Å²) < 4.78 is 32.6. The molecule has 0 spiro atoms. The third-order valence-corrected chi connectivity index (χ3v) is 8.20. The number of carbonyl (C=O) groups is 2. The molecule has 188 valence electrons. The molecule has 1 saturated heterocycles. The lowest BCUT2D eigenvalue weighted by Crippen LogP contribution is -2.35. The van der Waals surface area contributed by atoms with Crippen LogP contribution in [-0.4, -0.2) is 44.3 Å². The maximum absolute atomic E-state index is 13.0. The van der Waals surface area contributed by atoms with E-state index in [-0.39, 0.29) is 15.6 Å². The van der Waals surface area contributed by atoms with Crippen molar-refractivity contribution < 1.29 is 22.7 Å². The molecule has 7 nitrogen and oxygen atoms in total. The molecule has 3 aromatic rings.